The number of anilines is 2. The lowest BCUT2D eigenvalue weighted by atomic mass is 10.2. The minimum absolute atomic E-state index is 0.272. The third kappa shape index (κ3) is 4.47. The number of nitrogens with one attached hydrogen (secondary N) is 2. The van der Waals surface area contributed by atoms with E-state index in [1.54, 1.807) is 48.9 Å². The van der Waals surface area contributed by atoms with Crippen LogP contribution >= 0.6 is 23.2 Å². The Morgan fingerprint density at radius 2 is 1.72 bits per heavy atom. The van der Waals surface area contributed by atoms with Gasteiger partial charge in [-0.25, -0.2) is 0 Å². The summed E-state index contributed by atoms with van der Waals surface area (Å²) in [6.45, 7) is 0.400. The second-order valence-corrected chi connectivity index (χ2v) is 6.00. The topological polar surface area (TPSA) is 66.9 Å². The number of amides is 1. The predicted molar refractivity (Wildman–Crippen MR) is 99.4 cm³/mol. The van der Waals surface area contributed by atoms with Crippen molar-refractivity contribution in [2.45, 2.75) is 6.54 Å². The quantitative estimate of drug-likeness (QED) is 0.693. The molecule has 2 heterocycles. The molecule has 0 saturated carbocycles. The number of rotatable bonds is 5. The van der Waals surface area contributed by atoms with Crippen molar-refractivity contribution in [1.29, 1.82) is 0 Å². The Kier molecular flexibility index (Phi) is 5.48. The zero-order valence-corrected chi connectivity index (χ0v) is 14.6. The number of halogens is 2. The molecule has 2 N–H and O–H groups in total. The van der Waals surface area contributed by atoms with Gasteiger partial charge in [0.05, 0.1) is 15.7 Å². The van der Waals surface area contributed by atoms with E-state index in [0.29, 0.717) is 33.7 Å². The summed E-state index contributed by atoms with van der Waals surface area (Å²) in [5, 5.41) is 6.92. The molecule has 2 aromatic heterocycles. The molecule has 1 amide bonds. The van der Waals surface area contributed by atoms with Crippen LogP contribution in [0.1, 0.15) is 16.1 Å². The van der Waals surface area contributed by atoms with Crippen molar-refractivity contribution in [2.24, 2.45) is 0 Å². The predicted octanol–water partition coefficient (Wildman–Crippen LogP) is 4.46. The molecule has 0 spiro atoms. The Hall–Kier alpha value is -2.63. The maximum Gasteiger partial charge on any atom is 0.270 e. The lowest BCUT2D eigenvalue weighted by Crippen LogP contribution is -2.23. The van der Waals surface area contributed by atoms with Crippen LogP contribution < -0.4 is 10.6 Å². The molecule has 0 saturated heterocycles. The average Bonchev–Trinajstić information content (AvgIpc) is 2.64. The second-order valence-electron chi connectivity index (χ2n) is 5.19. The van der Waals surface area contributed by atoms with E-state index in [1.165, 1.54) is 0 Å². The van der Waals surface area contributed by atoms with Gasteiger partial charge >= 0.3 is 0 Å². The SMILES string of the molecule is O=C(NCc1ccncc1)c1cc(Nc2c(Cl)cccc2Cl)ccn1. The van der Waals surface area contributed by atoms with E-state index in [4.69, 9.17) is 23.2 Å². The van der Waals surface area contributed by atoms with E-state index in [2.05, 4.69) is 20.6 Å². The number of hydrogen-bond donors (Lipinski definition) is 2. The molecule has 25 heavy (non-hydrogen) atoms. The van der Waals surface area contributed by atoms with Gasteiger partial charge in [-0.15, -0.1) is 0 Å². The molecule has 126 valence electrons. The Bertz CT molecular complexity index is 867. The number of hydrogen-bond acceptors (Lipinski definition) is 4. The Labute approximate surface area is 155 Å². The van der Waals surface area contributed by atoms with Crippen molar-refractivity contribution in [3.8, 4) is 0 Å². The van der Waals surface area contributed by atoms with Gasteiger partial charge < -0.3 is 10.6 Å². The van der Waals surface area contributed by atoms with Crippen molar-refractivity contribution >= 4 is 40.5 Å². The van der Waals surface area contributed by atoms with Crippen LogP contribution in [0.3, 0.4) is 0 Å². The summed E-state index contributed by atoms with van der Waals surface area (Å²) in [6.07, 6.45) is 4.91. The van der Waals surface area contributed by atoms with Crippen LogP contribution in [0.2, 0.25) is 10.0 Å². The van der Waals surface area contributed by atoms with Gasteiger partial charge in [0.2, 0.25) is 0 Å². The monoisotopic (exact) mass is 372 g/mol. The molecule has 0 radical (unpaired) electrons. The number of aromatic nitrogens is 2. The fraction of sp³-hybridized carbons (Fsp3) is 0.0556. The van der Waals surface area contributed by atoms with Crippen molar-refractivity contribution in [1.82, 2.24) is 15.3 Å². The van der Waals surface area contributed by atoms with Gasteiger partial charge in [0, 0.05) is 30.8 Å². The van der Waals surface area contributed by atoms with Crippen molar-refractivity contribution in [3.63, 3.8) is 0 Å². The zero-order chi connectivity index (χ0) is 17.6. The lowest BCUT2D eigenvalue weighted by Gasteiger charge is -2.11. The summed E-state index contributed by atoms with van der Waals surface area (Å²) >= 11 is 12.3. The number of carbonyl (C=O) groups excluding carboxylic acids is 1. The summed E-state index contributed by atoms with van der Waals surface area (Å²) in [5.74, 6) is -0.272. The summed E-state index contributed by atoms with van der Waals surface area (Å²) in [7, 11) is 0. The Morgan fingerprint density at radius 3 is 2.44 bits per heavy atom. The van der Waals surface area contributed by atoms with Gasteiger partial charge in [-0.2, -0.15) is 0 Å². The summed E-state index contributed by atoms with van der Waals surface area (Å²) in [6, 6.07) is 12.3. The number of nitrogens with zero attached hydrogens (tertiary/aromatic N) is 2. The molecular weight excluding hydrogens is 359 g/mol. The van der Waals surface area contributed by atoms with E-state index < -0.39 is 0 Å². The highest BCUT2D eigenvalue weighted by Gasteiger charge is 2.10. The molecule has 0 atom stereocenters. The van der Waals surface area contributed by atoms with Gasteiger partial charge in [-0.3, -0.25) is 14.8 Å². The van der Waals surface area contributed by atoms with Crippen LogP contribution in [0.15, 0.2) is 61.1 Å². The first-order valence-electron chi connectivity index (χ1n) is 7.47. The number of para-hydroxylation sites is 1. The third-order valence-electron chi connectivity index (χ3n) is 3.43. The zero-order valence-electron chi connectivity index (χ0n) is 13.0. The molecule has 0 unspecified atom stereocenters. The number of carbonyl (C=O) groups is 1. The lowest BCUT2D eigenvalue weighted by molar-refractivity contribution is 0.0946. The average molecular weight is 373 g/mol. The fourth-order valence-corrected chi connectivity index (χ4v) is 2.66. The second kappa shape index (κ2) is 7.96. The van der Waals surface area contributed by atoms with Gasteiger partial charge in [0.15, 0.2) is 0 Å². The Balaban J connectivity index is 1.72. The molecule has 3 rings (SSSR count). The number of pyridine rings is 2. The van der Waals surface area contributed by atoms with E-state index in [0.717, 1.165) is 5.56 Å². The largest absolute Gasteiger partial charge is 0.353 e. The molecule has 3 aromatic rings. The molecule has 0 aliphatic rings. The van der Waals surface area contributed by atoms with E-state index >= 15 is 0 Å². The van der Waals surface area contributed by atoms with Crippen LogP contribution in [0, 0.1) is 0 Å². The van der Waals surface area contributed by atoms with E-state index in [-0.39, 0.29) is 5.91 Å². The van der Waals surface area contributed by atoms with Crippen molar-refractivity contribution in [2.75, 3.05) is 5.32 Å². The molecule has 0 aliphatic heterocycles. The summed E-state index contributed by atoms with van der Waals surface area (Å²) < 4.78 is 0. The molecule has 5 nitrogen and oxygen atoms in total. The van der Waals surface area contributed by atoms with Crippen molar-refractivity contribution in [3.05, 3.63) is 82.4 Å². The van der Waals surface area contributed by atoms with E-state index in [9.17, 15) is 4.79 Å². The van der Waals surface area contributed by atoms with Gasteiger partial charge in [0.25, 0.3) is 5.91 Å². The fourth-order valence-electron chi connectivity index (χ4n) is 2.17. The maximum absolute atomic E-state index is 12.3. The normalized spacial score (nSPS) is 10.3. The van der Waals surface area contributed by atoms with Gasteiger partial charge in [-0.1, -0.05) is 29.3 Å². The summed E-state index contributed by atoms with van der Waals surface area (Å²) in [5.41, 5.74) is 2.50. The molecule has 0 aliphatic carbocycles. The molecule has 7 heteroatoms. The van der Waals surface area contributed by atoms with Crippen LogP contribution in [0.4, 0.5) is 11.4 Å². The minimum atomic E-state index is -0.272. The van der Waals surface area contributed by atoms with Crippen molar-refractivity contribution < 1.29 is 4.79 Å². The van der Waals surface area contributed by atoms with Gasteiger partial charge in [0.1, 0.15) is 5.69 Å². The first-order chi connectivity index (χ1) is 12.1. The van der Waals surface area contributed by atoms with Crippen LogP contribution in [-0.4, -0.2) is 15.9 Å². The first-order valence-corrected chi connectivity index (χ1v) is 8.23. The maximum atomic E-state index is 12.3. The highest BCUT2D eigenvalue weighted by atomic mass is 35.5. The highest BCUT2D eigenvalue weighted by molar-refractivity contribution is 6.39. The van der Waals surface area contributed by atoms with Gasteiger partial charge in [-0.05, 0) is 42.0 Å². The standard InChI is InChI=1S/C18H14Cl2N4O/c19-14-2-1-3-15(20)17(14)24-13-6-9-22-16(10-13)18(25)23-11-12-4-7-21-8-5-12/h1-10H,11H2,(H,22,24)(H,23,25). The smallest absolute Gasteiger partial charge is 0.270 e. The van der Waals surface area contributed by atoms with Crippen LogP contribution in [0.5, 0.6) is 0 Å². The minimum Gasteiger partial charge on any atom is -0.353 e. The van der Waals surface area contributed by atoms with E-state index in [1.807, 2.05) is 12.1 Å². The summed E-state index contributed by atoms with van der Waals surface area (Å²) in [4.78, 5) is 20.3. The molecular formula is C18H14Cl2N4O. The molecule has 0 bridgehead atoms. The van der Waals surface area contributed by atoms with Crippen LogP contribution in [0.25, 0.3) is 0 Å². The molecule has 1 aromatic carbocycles. The van der Waals surface area contributed by atoms with Crippen LogP contribution in [-0.2, 0) is 6.54 Å². The third-order valence-corrected chi connectivity index (χ3v) is 4.06. The first kappa shape index (κ1) is 17.2. The Morgan fingerprint density at radius 1 is 1.00 bits per heavy atom. The molecule has 0 fully saturated rings. The number of benzene rings is 1. The highest BCUT2D eigenvalue weighted by Crippen LogP contribution is 2.32.